The van der Waals surface area contributed by atoms with Crippen LogP contribution in [0.3, 0.4) is 0 Å². The summed E-state index contributed by atoms with van der Waals surface area (Å²) >= 11 is 0. The first-order valence-corrected chi connectivity index (χ1v) is 10.3. The Hall–Kier alpha value is -1.90. The normalized spacial score (nSPS) is 12.3. The lowest BCUT2D eigenvalue weighted by molar-refractivity contribution is 0.588. The average molecular weight is 368 g/mol. The van der Waals surface area contributed by atoms with Gasteiger partial charge in [-0.3, -0.25) is 4.72 Å². The molecule has 0 bridgehead atoms. The molecule has 0 aromatic heterocycles. The number of para-hydroxylation sites is 1. The summed E-state index contributed by atoms with van der Waals surface area (Å²) in [5, 5.41) is 0. The van der Waals surface area contributed by atoms with Crippen molar-refractivity contribution in [3.05, 3.63) is 54.1 Å². The van der Waals surface area contributed by atoms with Crippen molar-refractivity contribution >= 4 is 25.7 Å². The summed E-state index contributed by atoms with van der Waals surface area (Å²) in [6.45, 7) is 3.93. The third-order valence-corrected chi connectivity index (χ3v) is 6.30. The van der Waals surface area contributed by atoms with Crippen LogP contribution in [-0.2, 0) is 20.0 Å². The van der Waals surface area contributed by atoms with E-state index in [9.17, 15) is 16.8 Å². The SMILES string of the molecule is CNS(=O)(=O)c1cccc(S(=O)(=O)Nc2ccccc2C(C)C)c1. The summed E-state index contributed by atoms with van der Waals surface area (Å²) in [5.74, 6) is 0.139. The summed E-state index contributed by atoms with van der Waals surface area (Å²) < 4.78 is 53.7. The second-order valence-electron chi connectivity index (χ2n) is 5.53. The average Bonchev–Trinajstić information content (AvgIpc) is 2.55. The molecule has 24 heavy (non-hydrogen) atoms. The zero-order chi connectivity index (χ0) is 18.0. The number of sulfonamides is 2. The lowest BCUT2D eigenvalue weighted by Gasteiger charge is -2.15. The van der Waals surface area contributed by atoms with E-state index in [4.69, 9.17) is 0 Å². The minimum atomic E-state index is -3.90. The zero-order valence-electron chi connectivity index (χ0n) is 13.6. The molecular formula is C16H20N2O4S2. The van der Waals surface area contributed by atoms with Crippen LogP contribution in [-0.4, -0.2) is 23.9 Å². The molecule has 0 spiro atoms. The van der Waals surface area contributed by atoms with Gasteiger partial charge in [-0.05, 0) is 42.8 Å². The van der Waals surface area contributed by atoms with Gasteiger partial charge in [0.1, 0.15) is 0 Å². The summed E-state index contributed by atoms with van der Waals surface area (Å²) in [4.78, 5) is -0.220. The molecule has 2 aromatic carbocycles. The number of anilines is 1. The molecule has 0 aliphatic heterocycles. The van der Waals surface area contributed by atoms with Gasteiger partial charge in [-0.15, -0.1) is 0 Å². The van der Waals surface area contributed by atoms with E-state index >= 15 is 0 Å². The Morgan fingerprint density at radius 2 is 1.42 bits per heavy atom. The van der Waals surface area contributed by atoms with Crippen molar-refractivity contribution in [1.82, 2.24) is 4.72 Å². The van der Waals surface area contributed by atoms with Crippen molar-refractivity contribution in [3.63, 3.8) is 0 Å². The maximum absolute atomic E-state index is 12.6. The maximum Gasteiger partial charge on any atom is 0.261 e. The fraction of sp³-hybridized carbons (Fsp3) is 0.250. The summed E-state index contributed by atoms with van der Waals surface area (Å²) in [7, 11) is -6.35. The highest BCUT2D eigenvalue weighted by molar-refractivity contribution is 7.93. The topological polar surface area (TPSA) is 92.3 Å². The van der Waals surface area contributed by atoms with Gasteiger partial charge in [0.2, 0.25) is 10.0 Å². The predicted octanol–water partition coefficient (Wildman–Crippen LogP) is 2.52. The van der Waals surface area contributed by atoms with Gasteiger partial charge >= 0.3 is 0 Å². The van der Waals surface area contributed by atoms with Crippen LogP contribution >= 0.6 is 0 Å². The van der Waals surface area contributed by atoms with Crippen molar-refractivity contribution in [2.45, 2.75) is 29.6 Å². The predicted molar refractivity (Wildman–Crippen MR) is 94.0 cm³/mol. The minimum Gasteiger partial charge on any atom is -0.279 e. The molecule has 0 heterocycles. The molecule has 0 saturated carbocycles. The number of benzene rings is 2. The highest BCUT2D eigenvalue weighted by atomic mass is 32.2. The van der Waals surface area contributed by atoms with Crippen molar-refractivity contribution in [3.8, 4) is 0 Å². The van der Waals surface area contributed by atoms with E-state index < -0.39 is 20.0 Å². The molecule has 0 aliphatic rings. The van der Waals surface area contributed by atoms with Gasteiger partial charge in [-0.1, -0.05) is 38.1 Å². The van der Waals surface area contributed by atoms with Gasteiger partial charge < -0.3 is 0 Å². The third-order valence-electron chi connectivity index (χ3n) is 3.52. The van der Waals surface area contributed by atoms with Gasteiger partial charge in [-0.25, -0.2) is 21.6 Å². The second-order valence-corrected chi connectivity index (χ2v) is 9.10. The first-order valence-electron chi connectivity index (χ1n) is 7.33. The largest absolute Gasteiger partial charge is 0.279 e. The summed E-state index contributed by atoms with van der Waals surface area (Å²) in [6, 6.07) is 12.3. The Morgan fingerprint density at radius 3 is 2.00 bits per heavy atom. The van der Waals surface area contributed by atoms with Crippen LogP contribution in [0.4, 0.5) is 5.69 Å². The smallest absolute Gasteiger partial charge is 0.261 e. The van der Waals surface area contributed by atoms with Gasteiger partial charge in [0.25, 0.3) is 10.0 Å². The molecule has 6 nitrogen and oxygen atoms in total. The van der Waals surface area contributed by atoms with E-state index in [1.165, 1.54) is 25.2 Å². The van der Waals surface area contributed by atoms with Crippen molar-refractivity contribution in [2.75, 3.05) is 11.8 Å². The molecule has 0 fully saturated rings. The van der Waals surface area contributed by atoms with Crippen LogP contribution in [0.2, 0.25) is 0 Å². The van der Waals surface area contributed by atoms with E-state index in [0.717, 1.165) is 11.6 Å². The quantitative estimate of drug-likeness (QED) is 0.819. The zero-order valence-corrected chi connectivity index (χ0v) is 15.3. The van der Waals surface area contributed by atoms with Crippen LogP contribution in [0, 0.1) is 0 Å². The number of rotatable bonds is 6. The minimum absolute atomic E-state index is 0.106. The van der Waals surface area contributed by atoms with Gasteiger partial charge in [0.05, 0.1) is 15.5 Å². The molecule has 2 aromatic rings. The van der Waals surface area contributed by atoms with Gasteiger partial charge in [0, 0.05) is 0 Å². The first kappa shape index (κ1) is 18.4. The van der Waals surface area contributed by atoms with Crippen molar-refractivity contribution < 1.29 is 16.8 Å². The van der Waals surface area contributed by atoms with Gasteiger partial charge in [-0.2, -0.15) is 0 Å². The van der Waals surface area contributed by atoms with Crippen LogP contribution in [0.25, 0.3) is 0 Å². The van der Waals surface area contributed by atoms with Crippen molar-refractivity contribution in [1.29, 1.82) is 0 Å². The van der Waals surface area contributed by atoms with E-state index in [-0.39, 0.29) is 15.7 Å². The molecule has 2 N–H and O–H groups in total. The lowest BCUT2D eigenvalue weighted by atomic mass is 10.0. The standard InChI is InChI=1S/C16H20N2O4S2/c1-12(2)15-9-4-5-10-16(15)18-24(21,22)14-8-6-7-13(11-14)23(19,20)17-3/h4-12,17-18H,1-3H3. The highest BCUT2D eigenvalue weighted by Gasteiger charge is 2.20. The molecule has 0 amide bonds. The number of nitrogens with one attached hydrogen (secondary N) is 2. The number of hydrogen-bond acceptors (Lipinski definition) is 4. The number of hydrogen-bond donors (Lipinski definition) is 2. The Kier molecular flexibility index (Phi) is 5.32. The monoisotopic (exact) mass is 368 g/mol. The Labute approximate surface area is 143 Å². The lowest BCUT2D eigenvalue weighted by Crippen LogP contribution is -2.20. The van der Waals surface area contributed by atoms with Gasteiger partial charge in [0.15, 0.2) is 0 Å². The van der Waals surface area contributed by atoms with Crippen LogP contribution in [0.15, 0.2) is 58.3 Å². The Balaban J connectivity index is 2.44. The molecule has 2 rings (SSSR count). The Morgan fingerprint density at radius 1 is 0.833 bits per heavy atom. The van der Waals surface area contributed by atoms with Crippen molar-refractivity contribution in [2.24, 2.45) is 0 Å². The second kappa shape index (κ2) is 6.92. The molecule has 8 heteroatoms. The van der Waals surface area contributed by atoms with Crippen LogP contribution in [0.1, 0.15) is 25.3 Å². The molecular weight excluding hydrogens is 348 g/mol. The summed E-state index contributed by atoms with van der Waals surface area (Å²) in [6.07, 6.45) is 0. The molecule has 0 atom stereocenters. The maximum atomic E-state index is 12.6. The molecule has 130 valence electrons. The van der Waals surface area contributed by atoms with E-state index in [2.05, 4.69) is 9.44 Å². The fourth-order valence-electron chi connectivity index (χ4n) is 2.22. The third kappa shape index (κ3) is 3.95. The Bertz CT molecular complexity index is 936. The molecule has 0 unspecified atom stereocenters. The summed E-state index contributed by atoms with van der Waals surface area (Å²) in [5.41, 5.74) is 1.34. The van der Waals surface area contributed by atoms with E-state index in [1.807, 2.05) is 26.0 Å². The molecule has 0 saturated heterocycles. The highest BCUT2D eigenvalue weighted by Crippen LogP contribution is 2.26. The van der Waals surface area contributed by atoms with E-state index in [1.54, 1.807) is 12.1 Å². The van der Waals surface area contributed by atoms with Crippen LogP contribution < -0.4 is 9.44 Å². The molecule has 0 aliphatic carbocycles. The van der Waals surface area contributed by atoms with E-state index in [0.29, 0.717) is 5.69 Å². The fourth-order valence-corrected chi connectivity index (χ4v) is 4.21. The molecule has 0 radical (unpaired) electrons. The first-order chi connectivity index (χ1) is 11.2. The van der Waals surface area contributed by atoms with Crippen LogP contribution in [0.5, 0.6) is 0 Å².